The Hall–Kier alpha value is -0.900. The Balaban J connectivity index is 1.92. The molecule has 0 spiro atoms. The minimum atomic E-state index is -0.404. The number of aliphatic hydroxyl groups is 1. The van der Waals surface area contributed by atoms with Gasteiger partial charge in [0.2, 0.25) is 0 Å². The minimum absolute atomic E-state index is 0.227. The Morgan fingerprint density at radius 1 is 1.29 bits per heavy atom. The third-order valence-electron chi connectivity index (χ3n) is 3.12. The zero-order valence-corrected chi connectivity index (χ0v) is 10.5. The van der Waals surface area contributed by atoms with Gasteiger partial charge in [0, 0.05) is 6.42 Å². The predicted octanol–water partition coefficient (Wildman–Crippen LogP) is 1.97. The lowest BCUT2D eigenvalue weighted by Gasteiger charge is -2.16. The molecule has 1 fully saturated rings. The van der Waals surface area contributed by atoms with Crippen LogP contribution in [0, 0.1) is 13.8 Å². The molecule has 1 unspecified atom stereocenters. The van der Waals surface area contributed by atoms with E-state index in [0.717, 1.165) is 0 Å². The fourth-order valence-electron chi connectivity index (χ4n) is 2.12. The molecule has 3 nitrogen and oxygen atoms in total. The van der Waals surface area contributed by atoms with Crippen molar-refractivity contribution in [2.75, 3.05) is 13.2 Å². The average molecular weight is 236 g/mol. The van der Waals surface area contributed by atoms with Gasteiger partial charge < -0.3 is 14.6 Å². The second-order valence-corrected chi connectivity index (χ2v) is 4.69. The summed E-state index contributed by atoms with van der Waals surface area (Å²) in [5.41, 5.74) is 3.66. The van der Waals surface area contributed by atoms with Gasteiger partial charge >= 0.3 is 0 Å². The van der Waals surface area contributed by atoms with Gasteiger partial charge in [0.05, 0.1) is 19.3 Å². The molecule has 1 aromatic carbocycles. The van der Waals surface area contributed by atoms with Crippen molar-refractivity contribution < 1.29 is 14.6 Å². The van der Waals surface area contributed by atoms with Gasteiger partial charge in [-0.05, 0) is 31.4 Å². The van der Waals surface area contributed by atoms with E-state index in [1.54, 1.807) is 0 Å². The number of benzene rings is 1. The zero-order valence-electron chi connectivity index (χ0n) is 10.5. The van der Waals surface area contributed by atoms with Gasteiger partial charge in [0.25, 0.3) is 0 Å². The van der Waals surface area contributed by atoms with Crippen LogP contribution >= 0.6 is 0 Å². The number of hydrogen-bond acceptors (Lipinski definition) is 3. The van der Waals surface area contributed by atoms with Crippen LogP contribution in [0.1, 0.15) is 23.1 Å². The van der Waals surface area contributed by atoms with E-state index in [0.29, 0.717) is 26.1 Å². The van der Waals surface area contributed by atoms with Crippen LogP contribution in [0.3, 0.4) is 0 Å². The molecule has 1 atom stereocenters. The smallest absolute Gasteiger partial charge is 0.160 e. The van der Waals surface area contributed by atoms with Crippen molar-refractivity contribution in [3.8, 4) is 0 Å². The van der Waals surface area contributed by atoms with E-state index < -0.39 is 6.10 Å². The van der Waals surface area contributed by atoms with E-state index in [1.807, 2.05) is 0 Å². The normalized spacial score (nSPS) is 18.5. The average Bonchev–Trinajstić information content (AvgIpc) is 2.76. The van der Waals surface area contributed by atoms with Crippen molar-refractivity contribution in [1.29, 1.82) is 0 Å². The summed E-state index contributed by atoms with van der Waals surface area (Å²) in [6, 6.07) is 6.32. The van der Waals surface area contributed by atoms with Crippen molar-refractivity contribution in [3.63, 3.8) is 0 Å². The van der Waals surface area contributed by atoms with Crippen LogP contribution in [0.15, 0.2) is 18.2 Å². The Morgan fingerprint density at radius 2 is 2.00 bits per heavy atom. The first-order chi connectivity index (χ1) is 8.15. The SMILES string of the molecule is Cc1ccc(C)c(CC(O)CC2OCCO2)c1. The number of ether oxygens (including phenoxy) is 2. The summed E-state index contributed by atoms with van der Waals surface area (Å²) < 4.78 is 10.7. The van der Waals surface area contributed by atoms with Crippen molar-refractivity contribution in [3.05, 3.63) is 34.9 Å². The van der Waals surface area contributed by atoms with Crippen LogP contribution < -0.4 is 0 Å². The van der Waals surface area contributed by atoms with Gasteiger partial charge in [-0.1, -0.05) is 23.8 Å². The topological polar surface area (TPSA) is 38.7 Å². The predicted molar refractivity (Wildman–Crippen MR) is 65.9 cm³/mol. The lowest BCUT2D eigenvalue weighted by Crippen LogP contribution is -2.20. The summed E-state index contributed by atoms with van der Waals surface area (Å²) in [6.45, 7) is 5.42. The van der Waals surface area contributed by atoms with Crippen molar-refractivity contribution in [2.24, 2.45) is 0 Å². The molecule has 3 heteroatoms. The molecule has 0 aromatic heterocycles. The molecular formula is C14H20O3. The highest BCUT2D eigenvalue weighted by molar-refractivity contribution is 5.30. The summed E-state index contributed by atoms with van der Waals surface area (Å²) in [4.78, 5) is 0. The van der Waals surface area contributed by atoms with E-state index in [4.69, 9.17) is 9.47 Å². The van der Waals surface area contributed by atoms with Crippen LogP contribution in [-0.4, -0.2) is 30.7 Å². The monoisotopic (exact) mass is 236 g/mol. The highest BCUT2D eigenvalue weighted by Crippen LogP contribution is 2.17. The molecule has 1 aliphatic rings. The van der Waals surface area contributed by atoms with E-state index in [2.05, 4.69) is 32.0 Å². The maximum Gasteiger partial charge on any atom is 0.160 e. The van der Waals surface area contributed by atoms with E-state index >= 15 is 0 Å². The molecule has 0 radical (unpaired) electrons. The molecule has 94 valence electrons. The first-order valence-corrected chi connectivity index (χ1v) is 6.12. The molecule has 2 rings (SSSR count). The van der Waals surface area contributed by atoms with Gasteiger partial charge in [-0.25, -0.2) is 0 Å². The molecule has 0 amide bonds. The third kappa shape index (κ3) is 3.53. The summed E-state index contributed by atoms with van der Waals surface area (Å²) in [6.07, 6.45) is 0.582. The summed E-state index contributed by atoms with van der Waals surface area (Å²) in [5, 5.41) is 10.0. The Kier molecular flexibility index (Phi) is 4.15. The van der Waals surface area contributed by atoms with Crippen LogP contribution in [0.4, 0.5) is 0 Å². The lowest BCUT2D eigenvalue weighted by atomic mass is 9.99. The van der Waals surface area contributed by atoms with Gasteiger partial charge in [0.15, 0.2) is 6.29 Å². The Bertz CT molecular complexity index is 370. The number of hydrogen-bond donors (Lipinski definition) is 1. The van der Waals surface area contributed by atoms with Crippen LogP contribution in [-0.2, 0) is 15.9 Å². The standard InChI is InChI=1S/C14H20O3/c1-10-3-4-11(2)12(7-10)8-13(15)9-14-16-5-6-17-14/h3-4,7,13-15H,5-6,8-9H2,1-2H3. The minimum Gasteiger partial charge on any atom is -0.393 e. The zero-order chi connectivity index (χ0) is 12.3. The third-order valence-corrected chi connectivity index (χ3v) is 3.12. The molecular weight excluding hydrogens is 216 g/mol. The van der Waals surface area contributed by atoms with Crippen molar-refractivity contribution in [1.82, 2.24) is 0 Å². The number of rotatable bonds is 4. The molecule has 17 heavy (non-hydrogen) atoms. The quantitative estimate of drug-likeness (QED) is 0.868. The maximum absolute atomic E-state index is 10.0. The summed E-state index contributed by atoms with van der Waals surface area (Å²) in [7, 11) is 0. The maximum atomic E-state index is 10.0. The molecule has 0 saturated carbocycles. The second kappa shape index (κ2) is 5.63. The van der Waals surface area contributed by atoms with Crippen molar-refractivity contribution >= 4 is 0 Å². The molecule has 1 saturated heterocycles. The number of aliphatic hydroxyl groups excluding tert-OH is 1. The fraction of sp³-hybridized carbons (Fsp3) is 0.571. The van der Waals surface area contributed by atoms with Crippen LogP contribution in [0.25, 0.3) is 0 Å². The summed E-state index contributed by atoms with van der Waals surface area (Å²) in [5.74, 6) is 0. The highest BCUT2D eigenvalue weighted by atomic mass is 16.7. The molecule has 0 aliphatic carbocycles. The van der Waals surface area contributed by atoms with Crippen LogP contribution in [0.5, 0.6) is 0 Å². The molecule has 0 bridgehead atoms. The molecule has 1 aliphatic heterocycles. The van der Waals surface area contributed by atoms with Crippen LogP contribution in [0.2, 0.25) is 0 Å². The van der Waals surface area contributed by atoms with E-state index in [1.165, 1.54) is 16.7 Å². The molecule has 1 N–H and O–H groups in total. The fourth-order valence-corrected chi connectivity index (χ4v) is 2.12. The first-order valence-electron chi connectivity index (χ1n) is 6.12. The van der Waals surface area contributed by atoms with Crippen molar-refractivity contribution in [2.45, 2.75) is 39.1 Å². The second-order valence-electron chi connectivity index (χ2n) is 4.69. The Labute approximate surface area is 102 Å². The van der Waals surface area contributed by atoms with Gasteiger partial charge in [0.1, 0.15) is 0 Å². The Morgan fingerprint density at radius 3 is 2.71 bits per heavy atom. The lowest BCUT2D eigenvalue weighted by molar-refractivity contribution is -0.0698. The first kappa shape index (κ1) is 12.6. The van der Waals surface area contributed by atoms with E-state index in [9.17, 15) is 5.11 Å². The number of aryl methyl sites for hydroxylation is 2. The van der Waals surface area contributed by atoms with E-state index in [-0.39, 0.29) is 6.29 Å². The largest absolute Gasteiger partial charge is 0.393 e. The van der Waals surface area contributed by atoms with Gasteiger partial charge in [-0.15, -0.1) is 0 Å². The highest BCUT2D eigenvalue weighted by Gasteiger charge is 2.20. The molecule has 1 aromatic rings. The summed E-state index contributed by atoms with van der Waals surface area (Å²) >= 11 is 0. The molecule has 1 heterocycles. The van der Waals surface area contributed by atoms with Gasteiger partial charge in [-0.3, -0.25) is 0 Å². The van der Waals surface area contributed by atoms with Gasteiger partial charge in [-0.2, -0.15) is 0 Å².